The number of carbonyl (C=O) groups excluding carboxylic acids is 3. The SMILES string of the molecule is CCOC(=O)C1CCN(C(=O)[C@H]2CCCN(S(=O)(=O)c3ccc4c(c3)CCCC(=O)N4)C2)CC1. The summed E-state index contributed by atoms with van der Waals surface area (Å²) in [5, 5.41) is 2.83. The van der Waals surface area contributed by atoms with Crippen LogP contribution in [0.3, 0.4) is 0 Å². The highest BCUT2D eigenvalue weighted by Gasteiger charge is 2.37. The van der Waals surface area contributed by atoms with E-state index >= 15 is 0 Å². The average molecular weight is 492 g/mol. The Morgan fingerprint density at radius 2 is 1.82 bits per heavy atom. The van der Waals surface area contributed by atoms with Gasteiger partial charge in [-0.05, 0) is 69.2 Å². The number of carbonyl (C=O) groups is 3. The van der Waals surface area contributed by atoms with Crippen molar-refractivity contribution in [2.45, 2.75) is 56.8 Å². The number of sulfonamides is 1. The highest BCUT2D eigenvalue weighted by Crippen LogP contribution is 2.30. The highest BCUT2D eigenvalue weighted by molar-refractivity contribution is 7.89. The van der Waals surface area contributed by atoms with E-state index in [-0.39, 0.29) is 41.1 Å². The van der Waals surface area contributed by atoms with Gasteiger partial charge in [0.1, 0.15) is 0 Å². The molecule has 1 aromatic rings. The summed E-state index contributed by atoms with van der Waals surface area (Å²) < 4.78 is 33.3. The molecule has 0 spiro atoms. The van der Waals surface area contributed by atoms with Crippen molar-refractivity contribution in [2.24, 2.45) is 11.8 Å². The van der Waals surface area contributed by atoms with Gasteiger partial charge in [0, 0.05) is 38.3 Å². The molecular formula is C24H33N3O6S. The number of rotatable bonds is 5. The van der Waals surface area contributed by atoms with E-state index in [9.17, 15) is 22.8 Å². The Morgan fingerprint density at radius 3 is 2.56 bits per heavy atom. The molecule has 0 radical (unpaired) electrons. The molecule has 186 valence electrons. The van der Waals surface area contributed by atoms with Crippen molar-refractivity contribution in [3.63, 3.8) is 0 Å². The zero-order chi connectivity index (χ0) is 24.3. The summed E-state index contributed by atoms with van der Waals surface area (Å²) >= 11 is 0. The van der Waals surface area contributed by atoms with Crippen LogP contribution in [-0.2, 0) is 35.6 Å². The lowest BCUT2D eigenvalue weighted by atomic mass is 9.93. The van der Waals surface area contributed by atoms with Crippen molar-refractivity contribution in [2.75, 3.05) is 38.1 Å². The lowest BCUT2D eigenvalue weighted by Gasteiger charge is -2.37. The van der Waals surface area contributed by atoms with Crippen LogP contribution >= 0.6 is 0 Å². The topological polar surface area (TPSA) is 113 Å². The van der Waals surface area contributed by atoms with Crippen LogP contribution < -0.4 is 5.32 Å². The molecule has 1 N–H and O–H groups in total. The number of hydrogen-bond donors (Lipinski definition) is 1. The predicted octanol–water partition coefficient (Wildman–Crippen LogP) is 2.16. The third kappa shape index (κ3) is 5.27. The Hall–Kier alpha value is -2.46. The van der Waals surface area contributed by atoms with Gasteiger partial charge < -0.3 is 15.0 Å². The van der Waals surface area contributed by atoms with Crippen LogP contribution in [0.2, 0.25) is 0 Å². The molecule has 3 heterocycles. The smallest absolute Gasteiger partial charge is 0.309 e. The predicted molar refractivity (Wildman–Crippen MR) is 125 cm³/mol. The molecule has 2 fully saturated rings. The summed E-state index contributed by atoms with van der Waals surface area (Å²) in [6.07, 6.45) is 4.16. The number of nitrogens with zero attached hydrogens (tertiary/aromatic N) is 2. The van der Waals surface area contributed by atoms with Gasteiger partial charge in [0.25, 0.3) is 0 Å². The van der Waals surface area contributed by atoms with E-state index < -0.39 is 10.0 Å². The van der Waals surface area contributed by atoms with E-state index in [2.05, 4.69) is 5.32 Å². The molecule has 3 aliphatic heterocycles. The average Bonchev–Trinajstić information content (AvgIpc) is 3.03. The van der Waals surface area contributed by atoms with Gasteiger partial charge in [-0.3, -0.25) is 14.4 Å². The second-order valence-electron chi connectivity index (χ2n) is 9.27. The number of likely N-dealkylation sites (tertiary alicyclic amines) is 1. The Kier molecular flexibility index (Phi) is 7.57. The number of ether oxygens (including phenoxy) is 1. The molecule has 0 aromatic heterocycles. The van der Waals surface area contributed by atoms with Crippen LogP contribution in [0.25, 0.3) is 0 Å². The standard InChI is InChI=1S/C24H33N3O6S/c1-2-33-24(30)17-10-13-26(14-11-17)23(29)19-6-4-12-27(16-19)34(31,32)20-8-9-21-18(15-20)5-3-7-22(28)25-21/h8-9,15,17,19H,2-7,10-14,16H2,1H3,(H,25,28)/t19-/m0/s1. The Bertz CT molecular complexity index is 1050. The van der Waals surface area contributed by atoms with Gasteiger partial charge in [-0.1, -0.05) is 0 Å². The zero-order valence-electron chi connectivity index (χ0n) is 19.6. The molecule has 4 rings (SSSR count). The number of esters is 1. The number of fused-ring (bicyclic) bond motifs is 1. The largest absolute Gasteiger partial charge is 0.466 e. The lowest BCUT2D eigenvalue weighted by molar-refractivity contribution is -0.152. The number of piperidine rings is 2. The maximum absolute atomic E-state index is 13.4. The minimum absolute atomic E-state index is 0.0353. The summed E-state index contributed by atoms with van der Waals surface area (Å²) in [4.78, 5) is 38.9. The van der Waals surface area contributed by atoms with Gasteiger partial charge in [0.2, 0.25) is 21.8 Å². The van der Waals surface area contributed by atoms with Crippen molar-refractivity contribution in [1.82, 2.24) is 9.21 Å². The van der Waals surface area contributed by atoms with Crippen LogP contribution in [0.4, 0.5) is 5.69 Å². The van der Waals surface area contributed by atoms with Crippen molar-refractivity contribution in [1.29, 1.82) is 0 Å². The second-order valence-corrected chi connectivity index (χ2v) is 11.2. The van der Waals surface area contributed by atoms with Gasteiger partial charge >= 0.3 is 5.97 Å². The van der Waals surface area contributed by atoms with E-state index in [0.29, 0.717) is 76.9 Å². The third-order valence-electron chi connectivity index (χ3n) is 7.00. The highest BCUT2D eigenvalue weighted by atomic mass is 32.2. The third-order valence-corrected chi connectivity index (χ3v) is 8.86. The number of aryl methyl sites for hydroxylation is 1. The molecule has 0 aliphatic carbocycles. The quantitative estimate of drug-likeness (QED) is 0.632. The van der Waals surface area contributed by atoms with Crippen molar-refractivity contribution < 1.29 is 27.5 Å². The molecule has 9 nitrogen and oxygen atoms in total. The maximum Gasteiger partial charge on any atom is 0.309 e. The van der Waals surface area contributed by atoms with Gasteiger partial charge in [-0.2, -0.15) is 4.31 Å². The summed E-state index contributed by atoms with van der Waals surface area (Å²) in [5.41, 5.74) is 1.49. The molecule has 0 saturated carbocycles. The van der Waals surface area contributed by atoms with Gasteiger partial charge in [-0.25, -0.2) is 8.42 Å². The molecular weight excluding hydrogens is 458 g/mol. The fraction of sp³-hybridized carbons (Fsp3) is 0.625. The van der Waals surface area contributed by atoms with E-state index in [1.54, 1.807) is 24.0 Å². The number of anilines is 1. The number of hydrogen-bond acceptors (Lipinski definition) is 6. The number of nitrogens with one attached hydrogen (secondary N) is 1. The molecule has 34 heavy (non-hydrogen) atoms. The fourth-order valence-corrected chi connectivity index (χ4v) is 6.65. The molecule has 10 heteroatoms. The van der Waals surface area contributed by atoms with E-state index in [1.807, 2.05) is 0 Å². The minimum Gasteiger partial charge on any atom is -0.466 e. The fourth-order valence-electron chi connectivity index (χ4n) is 5.08. The Morgan fingerprint density at radius 1 is 1.06 bits per heavy atom. The van der Waals surface area contributed by atoms with Gasteiger partial charge in [0.15, 0.2) is 0 Å². The van der Waals surface area contributed by atoms with Crippen molar-refractivity contribution >= 4 is 33.5 Å². The molecule has 3 aliphatic rings. The first kappa shape index (κ1) is 24.7. The number of amides is 2. The first-order chi connectivity index (χ1) is 16.3. The first-order valence-electron chi connectivity index (χ1n) is 12.2. The van der Waals surface area contributed by atoms with E-state index in [1.165, 1.54) is 10.4 Å². The van der Waals surface area contributed by atoms with Crippen LogP contribution in [0.15, 0.2) is 23.1 Å². The normalized spacial score (nSPS) is 22.4. The minimum atomic E-state index is -3.76. The summed E-state index contributed by atoms with van der Waals surface area (Å²) in [7, 11) is -3.76. The van der Waals surface area contributed by atoms with Crippen LogP contribution in [0.1, 0.15) is 51.0 Å². The summed E-state index contributed by atoms with van der Waals surface area (Å²) in [6.45, 7) is 3.65. The van der Waals surface area contributed by atoms with Crippen LogP contribution in [-0.4, -0.2) is 68.2 Å². The van der Waals surface area contributed by atoms with Crippen LogP contribution in [0, 0.1) is 11.8 Å². The Balaban J connectivity index is 1.41. The second kappa shape index (κ2) is 10.4. The summed E-state index contributed by atoms with van der Waals surface area (Å²) in [6, 6.07) is 4.85. The maximum atomic E-state index is 13.4. The van der Waals surface area contributed by atoms with Crippen LogP contribution in [0.5, 0.6) is 0 Å². The molecule has 2 saturated heterocycles. The van der Waals surface area contributed by atoms with Crippen molar-refractivity contribution in [3.05, 3.63) is 23.8 Å². The zero-order valence-corrected chi connectivity index (χ0v) is 20.4. The molecule has 1 atom stereocenters. The molecule has 0 bridgehead atoms. The first-order valence-corrected chi connectivity index (χ1v) is 13.6. The lowest BCUT2D eigenvalue weighted by Crippen LogP contribution is -2.49. The molecule has 1 aromatic carbocycles. The molecule has 2 amide bonds. The van der Waals surface area contributed by atoms with E-state index in [0.717, 1.165) is 5.56 Å². The number of benzene rings is 1. The van der Waals surface area contributed by atoms with Gasteiger partial charge in [-0.15, -0.1) is 0 Å². The van der Waals surface area contributed by atoms with Crippen molar-refractivity contribution in [3.8, 4) is 0 Å². The Labute approximate surface area is 200 Å². The molecule has 0 unspecified atom stereocenters. The summed E-state index contributed by atoms with van der Waals surface area (Å²) in [5.74, 6) is -0.859. The van der Waals surface area contributed by atoms with Gasteiger partial charge in [0.05, 0.1) is 23.3 Å². The van der Waals surface area contributed by atoms with E-state index in [4.69, 9.17) is 4.74 Å². The monoisotopic (exact) mass is 491 g/mol.